The number of aryl methyl sites for hydroxylation is 1. The number of aromatic nitrogens is 1. The number of fused-ring (bicyclic) bond motifs is 1. The number of amides is 2. The van der Waals surface area contributed by atoms with Gasteiger partial charge in [0.2, 0.25) is 17.6 Å². The minimum atomic E-state index is -0.855. The molecule has 168 valence electrons. The summed E-state index contributed by atoms with van der Waals surface area (Å²) < 4.78 is 27.3. The fourth-order valence-corrected chi connectivity index (χ4v) is 4.85. The zero-order chi connectivity index (χ0) is 22.6. The third-order valence-corrected chi connectivity index (χ3v) is 6.23. The minimum Gasteiger partial charge on any atom is -0.493 e. The fourth-order valence-electron chi connectivity index (χ4n) is 4.85. The van der Waals surface area contributed by atoms with Crippen LogP contribution < -0.4 is 24.4 Å². The SMILES string of the molecule is COc1cc(NC(=O)[C@H]2[C@@H]3C=C[C@@]4(CN(c5cc(C)on5)C(=O)[C@H]24)O3)cc(OC)c1OC. The maximum Gasteiger partial charge on any atom is 0.235 e. The predicted octanol–water partition coefficient (Wildman–Crippen LogP) is 1.93. The van der Waals surface area contributed by atoms with Crippen molar-refractivity contribution in [1.82, 2.24) is 5.16 Å². The number of anilines is 2. The van der Waals surface area contributed by atoms with Gasteiger partial charge in [0.25, 0.3) is 0 Å². The molecular weight excluding hydrogens is 418 g/mol. The van der Waals surface area contributed by atoms with E-state index in [-0.39, 0.29) is 18.4 Å². The highest BCUT2D eigenvalue weighted by molar-refractivity contribution is 6.05. The Morgan fingerprint density at radius 1 is 1.19 bits per heavy atom. The number of methoxy groups -OCH3 is 3. The number of ether oxygens (including phenoxy) is 4. The third-order valence-electron chi connectivity index (χ3n) is 6.23. The molecule has 3 aliphatic rings. The van der Waals surface area contributed by atoms with E-state index in [1.54, 1.807) is 25.1 Å². The van der Waals surface area contributed by atoms with Gasteiger partial charge in [0.15, 0.2) is 17.3 Å². The Morgan fingerprint density at radius 3 is 2.50 bits per heavy atom. The summed E-state index contributed by atoms with van der Waals surface area (Å²) in [4.78, 5) is 28.2. The van der Waals surface area contributed by atoms with Crippen LogP contribution in [0, 0.1) is 18.8 Å². The number of rotatable bonds is 6. The lowest BCUT2D eigenvalue weighted by Gasteiger charge is -2.23. The summed E-state index contributed by atoms with van der Waals surface area (Å²) in [6.07, 6.45) is 3.25. The second-order valence-corrected chi connectivity index (χ2v) is 8.02. The molecule has 2 bridgehead atoms. The first-order valence-electron chi connectivity index (χ1n) is 10.1. The highest BCUT2D eigenvalue weighted by Crippen LogP contribution is 2.53. The van der Waals surface area contributed by atoms with Gasteiger partial charge in [0.05, 0.1) is 45.8 Å². The Labute approximate surface area is 184 Å². The third kappa shape index (κ3) is 2.86. The molecule has 1 spiro atoms. The van der Waals surface area contributed by atoms with Crippen molar-refractivity contribution < 1.29 is 33.1 Å². The van der Waals surface area contributed by atoms with E-state index in [9.17, 15) is 9.59 Å². The number of carbonyl (C=O) groups excluding carboxylic acids is 2. The molecule has 2 saturated heterocycles. The summed E-state index contributed by atoms with van der Waals surface area (Å²) in [7, 11) is 4.50. The van der Waals surface area contributed by atoms with Crippen molar-refractivity contribution in [3.05, 3.63) is 36.1 Å². The summed E-state index contributed by atoms with van der Waals surface area (Å²) in [5, 5.41) is 6.84. The first kappa shape index (κ1) is 20.4. The Balaban J connectivity index is 1.43. The zero-order valence-corrected chi connectivity index (χ0v) is 18.1. The van der Waals surface area contributed by atoms with E-state index in [1.807, 2.05) is 12.2 Å². The number of nitrogens with zero attached hydrogens (tertiary/aromatic N) is 2. The predicted molar refractivity (Wildman–Crippen MR) is 112 cm³/mol. The Morgan fingerprint density at radius 2 is 1.91 bits per heavy atom. The molecule has 2 aromatic rings. The number of nitrogens with one attached hydrogen (secondary N) is 1. The molecule has 0 aliphatic carbocycles. The molecule has 0 radical (unpaired) electrons. The number of carbonyl (C=O) groups is 2. The van der Waals surface area contributed by atoms with E-state index in [0.29, 0.717) is 34.5 Å². The van der Waals surface area contributed by atoms with Crippen LogP contribution in [-0.2, 0) is 14.3 Å². The van der Waals surface area contributed by atoms with Crippen LogP contribution in [0.15, 0.2) is 34.9 Å². The van der Waals surface area contributed by atoms with Crippen LogP contribution in [0.3, 0.4) is 0 Å². The molecule has 0 saturated carbocycles. The van der Waals surface area contributed by atoms with Gasteiger partial charge in [0.1, 0.15) is 11.4 Å². The topological polar surface area (TPSA) is 112 Å². The molecule has 1 N–H and O–H groups in total. The molecule has 1 aromatic heterocycles. The van der Waals surface area contributed by atoms with Crippen LogP contribution >= 0.6 is 0 Å². The van der Waals surface area contributed by atoms with Gasteiger partial charge in [-0.2, -0.15) is 0 Å². The molecule has 10 nitrogen and oxygen atoms in total. The maximum atomic E-state index is 13.3. The molecule has 5 rings (SSSR count). The lowest BCUT2D eigenvalue weighted by molar-refractivity contribution is -0.128. The van der Waals surface area contributed by atoms with Crippen molar-refractivity contribution in [2.24, 2.45) is 11.8 Å². The van der Waals surface area contributed by atoms with Crippen molar-refractivity contribution >= 4 is 23.3 Å². The lowest BCUT2D eigenvalue weighted by atomic mass is 9.77. The van der Waals surface area contributed by atoms with E-state index in [1.165, 1.54) is 26.2 Å². The highest BCUT2D eigenvalue weighted by Gasteiger charge is 2.67. The van der Waals surface area contributed by atoms with Gasteiger partial charge in [0, 0.05) is 23.9 Å². The molecule has 1 aromatic carbocycles. The van der Waals surface area contributed by atoms with Crippen LogP contribution in [0.5, 0.6) is 17.2 Å². The van der Waals surface area contributed by atoms with Gasteiger partial charge in [-0.05, 0) is 6.92 Å². The second-order valence-electron chi connectivity index (χ2n) is 8.02. The fraction of sp³-hybridized carbons (Fsp3) is 0.409. The number of benzene rings is 1. The highest BCUT2D eigenvalue weighted by atomic mass is 16.5. The average molecular weight is 441 g/mol. The summed E-state index contributed by atoms with van der Waals surface area (Å²) >= 11 is 0. The Hall–Kier alpha value is -3.53. The molecule has 3 aliphatic heterocycles. The average Bonchev–Trinajstić information content (AvgIpc) is 3.53. The number of hydrogen-bond acceptors (Lipinski definition) is 8. The molecule has 2 fully saturated rings. The lowest BCUT2D eigenvalue weighted by Crippen LogP contribution is -2.41. The molecule has 10 heteroatoms. The van der Waals surface area contributed by atoms with Crippen molar-refractivity contribution in [3.63, 3.8) is 0 Å². The van der Waals surface area contributed by atoms with Crippen molar-refractivity contribution in [2.45, 2.75) is 18.6 Å². The van der Waals surface area contributed by atoms with Crippen LogP contribution in [0.4, 0.5) is 11.5 Å². The summed E-state index contributed by atoms with van der Waals surface area (Å²) in [5.74, 6) is 0.366. The summed E-state index contributed by atoms with van der Waals surface area (Å²) in [6, 6.07) is 4.97. The normalized spacial score (nSPS) is 27.6. The molecule has 32 heavy (non-hydrogen) atoms. The molecule has 4 atom stereocenters. The van der Waals surface area contributed by atoms with Gasteiger partial charge in [-0.3, -0.25) is 14.5 Å². The van der Waals surface area contributed by atoms with Gasteiger partial charge in [-0.1, -0.05) is 17.3 Å². The van der Waals surface area contributed by atoms with E-state index in [0.717, 1.165) is 0 Å². The second kappa shape index (κ2) is 7.27. The number of hydrogen-bond donors (Lipinski definition) is 1. The van der Waals surface area contributed by atoms with Crippen LogP contribution in [-0.4, -0.2) is 56.6 Å². The van der Waals surface area contributed by atoms with E-state index in [4.69, 9.17) is 23.5 Å². The molecular formula is C22H23N3O7. The summed E-state index contributed by atoms with van der Waals surface area (Å²) in [5.41, 5.74) is -0.397. The summed E-state index contributed by atoms with van der Waals surface area (Å²) in [6.45, 7) is 2.04. The smallest absolute Gasteiger partial charge is 0.235 e. The monoisotopic (exact) mass is 441 g/mol. The van der Waals surface area contributed by atoms with Crippen LogP contribution in [0.25, 0.3) is 0 Å². The van der Waals surface area contributed by atoms with Crippen LogP contribution in [0.2, 0.25) is 0 Å². The maximum absolute atomic E-state index is 13.3. The quantitative estimate of drug-likeness (QED) is 0.677. The minimum absolute atomic E-state index is 0.213. The van der Waals surface area contributed by atoms with Gasteiger partial charge in [-0.25, -0.2) is 0 Å². The van der Waals surface area contributed by atoms with Crippen molar-refractivity contribution in [3.8, 4) is 17.2 Å². The molecule has 2 amide bonds. The molecule has 4 heterocycles. The largest absolute Gasteiger partial charge is 0.493 e. The van der Waals surface area contributed by atoms with E-state index >= 15 is 0 Å². The van der Waals surface area contributed by atoms with E-state index in [2.05, 4.69) is 10.5 Å². The zero-order valence-electron chi connectivity index (χ0n) is 18.1. The van der Waals surface area contributed by atoms with Crippen LogP contribution in [0.1, 0.15) is 5.76 Å². The molecule has 0 unspecified atom stereocenters. The van der Waals surface area contributed by atoms with Crippen molar-refractivity contribution in [2.75, 3.05) is 38.1 Å². The first-order valence-corrected chi connectivity index (χ1v) is 10.1. The Bertz CT molecular complexity index is 1100. The Kier molecular flexibility index (Phi) is 4.63. The standard InChI is InChI=1S/C22H23N3O7/c1-11-7-16(24-32-11)25-10-22-6-5-13(31-22)17(18(22)21(25)27)20(26)23-12-8-14(28-2)19(30-4)15(9-12)29-3/h5-9,13,17-18H,10H2,1-4H3,(H,23,26)/t13-,17-,18-,22-/m0/s1. The van der Waals surface area contributed by atoms with Gasteiger partial charge < -0.3 is 28.8 Å². The van der Waals surface area contributed by atoms with Crippen molar-refractivity contribution in [1.29, 1.82) is 0 Å². The van der Waals surface area contributed by atoms with Gasteiger partial charge in [-0.15, -0.1) is 0 Å². The first-order chi connectivity index (χ1) is 15.4. The van der Waals surface area contributed by atoms with E-state index < -0.39 is 23.5 Å². The van der Waals surface area contributed by atoms with Gasteiger partial charge >= 0.3 is 0 Å².